The van der Waals surface area contributed by atoms with E-state index in [-0.39, 0.29) is 41.5 Å². The van der Waals surface area contributed by atoms with Crippen LogP contribution in [0.4, 0.5) is 13.2 Å². The summed E-state index contributed by atoms with van der Waals surface area (Å²) in [5.74, 6) is -0.0856. The van der Waals surface area contributed by atoms with Gasteiger partial charge in [0.2, 0.25) is 0 Å². The van der Waals surface area contributed by atoms with Crippen LogP contribution in [0.3, 0.4) is 0 Å². The SMILES string of the molecule is NC1CCC(CC2(N)NC(=NCc3ccccc3OC(F)(F)F)NC=C2[N+](=O)[O-])CC1. The number of halogens is 3. The summed E-state index contributed by atoms with van der Waals surface area (Å²) in [6, 6.07) is 5.75. The fraction of sp³-hybridized carbons (Fsp3) is 0.526. The monoisotopic (exact) mass is 442 g/mol. The smallest absolute Gasteiger partial charge is 0.405 e. The van der Waals surface area contributed by atoms with Crippen molar-refractivity contribution in [2.75, 3.05) is 0 Å². The van der Waals surface area contributed by atoms with Crippen molar-refractivity contribution >= 4 is 5.96 Å². The summed E-state index contributed by atoms with van der Waals surface area (Å²) in [5, 5.41) is 17.1. The van der Waals surface area contributed by atoms with Gasteiger partial charge in [-0.05, 0) is 44.1 Å². The maximum Gasteiger partial charge on any atom is 0.573 e. The van der Waals surface area contributed by atoms with Crippen LogP contribution in [0.25, 0.3) is 0 Å². The van der Waals surface area contributed by atoms with Crippen LogP contribution < -0.4 is 26.8 Å². The predicted molar refractivity (Wildman–Crippen MR) is 107 cm³/mol. The average molecular weight is 442 g/mol. The lowest BCUT2D eigenvalue weighted by molar-refractivity contribution is -0.437. The number of nitrogens with zero attached hydrogens (tertiary/aromatic N) is 2. The Hall–Kier alpha value is -2.86. The van der Waals surface area contributed by atoms with Crippen molar-refractivity contribution in [2.24, 2.45) is 22.4 Å². The molecule has 1 unspecified atom stereocenters. The summed E-state index contributed by atoms with van der Waals surface area (Å²) >= 11 is 0. The minimum absolute atomic E-state index is 0.127. The highest BCUT2D eigenvalue weighted by Gasteiger charge is 2.44. The van der Waals surface area contributed by atoms with Crippen LogP contribution in [-0.2, 0) is 6.54 Å². The van der Waals surface area contributed by atoms with Crippen molar-refractivity contribution in [1.29, 1.82) is 0 Å². The van der Waals surface area contributed by atoms with Gasteiger partial charge in [0.25, 0.3) is 0 Å². The zero-order chi connectivity index (χ0) is 22.6. The van der Waals surface area contributed by atoms with E-state index in [0.29, 0.717) is 6.42 Å². The Balaban J connectivity index is 1.76. The first kappa shape index (κ1) is 22.8. The lowest BCUT2D eigenvalue weighted by Gasteiger charge is -2.37. The Morgan fingerprint density at radius 3 is 2.58 bits per heavy atom. The van der Waals surface area contributed by atoms with Crippen LogP contribution in [0.1, 0.15) is 37.7 Å². The second-order valence-electron chi connectivity index (χ2n) is 7.83. The summed E-state index contributed by atoms with van der Waals surface area (Å²) in [6.45, 7) is -0.155. The van der Waals surface area contributed by atoms with E-state index < -0.39 is 16.9 Å². The Morgan fingerprint density at radius 1 is 1.26 bits per heavy atom. The molecule has 0 bridgehead atoms. The quantitative estimate of drug-likeness (QED) is 0.391. The van der Waals surface area contributed by atoms with Gasteiger partial charge < -0.3 is 21.1 Å². The summed E-state index contributed by atoms with van der Waals surface area (Å²) in [5.41, 5.74) is 10.8. The molecule has 1 heterocycles. The topological polar surface area (TPSA) is 141 Å². The Bertz CT molecular complexity index is 868. The Labute approximate surface area is 176 Å². The first-order chi connectivity index (χ1) is 14.6. The molecule has 12 heteroatoms. The average Bonchev–Trinajstić information content (AvgIpc) is 2.67. The number of ether oxygens (including phenoxy) is 1. The molecule has 0 amide bonds. The molecule has 1 atom stereocenters. The number of nitro groups is 1. The molecule has 6 N–H and O–H groups in total. The van der Waals surface area contributed by atoms with E-state index in [1.165, 1.54) is 24.4 Å². The van der Waals surface area contributed by atoms with Gasteiger partial charge in [-0.25, -0.2) is 4.99 Å². The van der Waals surface area contributed by atoms with E-state index in [1.54, 1.807) is 6.07 Å². The highest BCUT2D eigenvalue weighted by atomic mass is 19.4. The number of nitrogens with two attached hydrogens (primary N) is 2. The Morgan fingerprint density at radius 2 is 1.94 bits per heavy atom. The number of rotatable bonds is 6. The van der Waals surface area contributed by atoms with Gasteiger partial charge >= 0.3 is 12.1 Å². The molecule has 9 nitrogen and oxygen atoms in total. The van der Waals surface area contributed by atoms with Crippen LogP contribution in [0.2, 0.25) is 0 Å². The van der Waals surface area contributed by atoms with E-state index in [2.05, 4.69) is 20.4 Å². The molecular formula is C19H25F3N6O3. The molecule has 31 heavy (non-hydrogen) atoms. The molecule has 0 spiro atoms. The van der Waals surface area contributed by atoms with Crippen molar-refractivity contribution in [3.63, 3.8) is 0 Å². The largest absolute Gasteiger partial charge is 0.573 e. The third kappa shape index (κ3) is 6.07. The minimum atomic E-state index is -4.83. The molecule has 170 valence electrons. The van der Waals surface area contributed by atoms with E-state index in [1.807, 2.05) is 0 Å². The number of hydrogen-bond donors (Lipinski definition) is 4. The van der Waals surface area contributed by atoms with E-state index in [0.717, 1.165) is 25.7 Å². The number of nitrogens with one attached hydrogen (secondary N) is 2. The fourth-order valence-electron chi connectivity index (χ4n) is 3.90. The molecule has 1 aliphatic heterocycles. The zero-order valence-corrected chi connectivity index (χ0v) is 16.7. The Kier molecular flexibility index (Phi) is 6.70. The number of aliphatic imine (C=N–C) groups is 1. The van der Waals surface area contributed by atoms with Gasteiger partial charge in [0.1, 0.15) is 5.75 Å². The summed E-state index contributed by atoms with van der Waals surface area (Å²) < 4.78 is 41.8. The zero-order valence-electron chi connectivity index (χ0n) is 16.7. The first-order valence-corrected chi connectivity index (χ1v) is 9.88. The number of hydrogen-bond acceptors (Lipinski definition) is 6. The van der Waals surface area contributed by atoms with Crippen LogP contribution >= 0.6 is 0 Å². The molecule has 3 rings (SSSR count). The van der Waals surface area contributed by atoms with Gasteiger partial charge in [-0.3, -0.25) is 15.8 Å². The van der Waals surface area contributed by atoms with Crippen molar-refractivity contribution in [3.05, 3.63) is 51.8 Å². The third-order valence-electron chi connectivity index (χ3n) is 5.45. The van der Waals surface area contributed by atoms with Crippen LogP contribution in [-0.4, -0.2) is 28.9 Å². The standard InChI is InChI=1S/C19H25F3N6O3/c20-19(21,22)31-15-4-2-1-3-13(15)10-25-17-26-11-16(28(29)30)18(24,27-17)9-12-5-7-14(23)8-6-12/h1-4,11-12,14H,5-10,23-24H2,(H2,25,26,27). The number of para-hydroxylation sites is 1. The van der Waals surface area contributed by atoms with Gasteiger partial charge in [-0.15, -0.1) is 13.2 Å². The molecular weight excluding hydrogens is 417 g/mol. The molecule has 2 aliphatic rings. The minimum Gasteiger partial charge on any atom is -0.405 e. The van der Waals surface area contributed by atoms with Crippen molar-refractivity contribution in [2.45, 2.75) is 56.7 Å². The second-order valence-corrected chi connectivity index (χ2v) is 7.83. The molecule has 0 saturated heterocycles. The molecule has 1 aliphatic carbocycles. The summed E-state index contributed by atoms with van der Waals surface area (Å²) in [7, 11) is 0. The van der Waals surface area contributed by atoms with E-state index in [4.69, 9.17) is 11.5 Å². The molecule has 1 aromatic rings. The fourth-order valence-corrected chi connectivity index (χ4v) is 3.90. The highest BCUT2D eigenvalue weighted by molar-refractivity contribution is 5.83. The summed E-state index contributed by atoms with van der Waals surface area (Å²) in [4.78, 5) is 15.2. The van der Waals surface area contributed by atoms with Gasteiger partial charge in [-0.2, -0.15) is 0 Å². The van der Waals surface area contributed by atoms with E-state index in [9.17, 15) is 23.3 Å². The summed E-state index contributed by atoms with van der Waals surface area (Å²) in [6.07, 6.45) is -0.0729. The van der Waals surface area contributed by atoms with E-state index >= 15 is 0 Å². The van der Waals surface area contributed by atoms with Crippen LogP contribution in [0, 0.1) is 16.0 Å². The van der Waals surface area contributed by atoms with Crippen molar-refractivity contribution in [3.8, 4) is 5.75 Å². The van der Waals surface area contributed by atoms with Gasteiger partial charge in [0, 0.05) is 11.6 Å². The lowest BCUT2D eigenvalue weighted by Crippen LogP contribution is -2.64. The normalized spacial score (nSPS) is 27.8. The second kappa shape index (κ2) is 9.10. The first-order valence-electron chi connectivity index (χ1n) is 9.88. The molecule has 1 fully saturated rings. The third-order valence-corrected chi connectivity index (χ3v) is 5.45. The molecule has 1 saturated carbocycles. The van der Waals surface area contributed by atoms with Crippen LogP contribution in [0.5, 0.6) is 5.75 Å². The molecule has 0 radical (unpaired) electrons. The number of alkyl halides is 3. The lowest BCUT2D eigenvalue weighted by atomic mass is 9.80. The number of benzene rings is 1. The van der Waals surface area contributed by atoms with Gasteiger partial charge in [0.15, 0.2) is 11.6 Å². The molecule has 0 aromatic heterocycles. The van der Waals surface area contributed by atoms with Crippen molar-refractivity contribution < 1.29 is 22.8 Å². The predicted octanol–water partition coefficient (Wildman–Crippen LogP) is 2.31. The maximum absolute atomic E-state index is 12.6. The van der Waals surface area contributed by atoms with Crippen molar-refractivity contribution in [1.82, 2.24) is 10.6 Å². The van der Waals surface area contributed by atoms with Crippen LogP contribution in [0.15, 0.2) is 41.2 Å². The van der Waals surface area contributed by atoms with Gasteiger partial charge in [0.05, 0.1) is 17.7 Å². The number of guanidine groups is 1. The molecule has 1 aromatic carbocycles. The highest BCUT2D eigenvalue weighted by Crippen LogP contribution is 2.32. The maximum atomic E-state index is 12.6. The van der Waals surface area contributed by atoms with Gasteiger partial charge in [-0.1, -0.05) is 18.2 Å².